The molecule has 6 unspecified atom stereocenters. The van der Waals surface area contributed by atoms with Crippen molar-refractivity contribution in [2.24, 2.45) is 35.5 Å². The van der Waals surface area contributed by atoms with Crippen molar-refractivity contribution in [2.45, 2.75) is 13.3 Å². The summed E-state index contributed by atoms with van der Waals surface area (Å²) in [6.07, 6.45) is 5.44. The Morgan fingerprint density at radius 2 is 1.58 bits per heavy atom. The van der Waals surface area contributed by atoms with Gasteiger partial charge in [0.05, 0.1) is 39.3 Å². The molecule has 6 atom stereocenters. The van der Waals surface area contributed by atoms with Crippen LogP contribution in [0.25, 0.3) is 22.2 Å². The summed E-state index contributed by atoms with van der Waals surface area (Å²) < 4.78 is 5.46. The highest BCUT2D eigenvalue weighted by Crippen LogP contribution is 2.65. The van der Waals surface area contributed by atoms with Gasteiger partial charge in [-0.3, -0.25) is 19.3 Å². The van der Waals surface area contributed by atoms with Crippen LogP contribution in [0.5, 0.6) is 0 Å². The van der Waals surface area contributed by atoms with Crippen molar-refractivity contribution in [2.75, 3.05) is 11.5 Å². The number of anilines is 1. The number of benzene rings is 3. The second-order valence-electron chi connectivity index (χ2n) is 12.4. The van der Waals surface area contributed by atoms with Crippen LogP contribution < -0.4 is 4.90 Å². The van der Waals surface area contributed by atoms with Crippen LogP contribution in [-0.4, -0.2) is 35.2 Å². The first kappa shape index (κ1) is 28.2. The van der Waals surface area contributed by atoms with E-state index in [1.807, 2.05) is 19.1 Å². The highest BCUT2D eigenvalue weighted by molar-refractivity contribution is 6.37. The lowest BCUT2D eigenvalue weighted by Gasteiger charge is -2.37. The Morgan fingerprint density at radius 3 is 2.24 bits per heavy atom. The fourth-order valence-electron chi connectivity index (χ4n) is 7.70. The van der Waals surface area contributed by atoms with Crippen molar-refractivity contribution in [3.05, 3.63) is 106 Å². The number of carbonyl (C=O) groups is 4. The molecule has 7 nitrogen and oxygen atoms in total. The highest BCUT2D eigenvalue weighted by Gasteiger charge is 2.67. The molecule has 3 aromatic carbocycles. The number of halogens is 2. The van der Waals surface area contributed by atoms with Crippen molar-refractivity contribution in [1.82, 2.24) is 4.98 Å². The van der Waals surface area contributed by atoms with Crippen molar-refractivity contribution >= 4 is 63.4 Å². The number of pyridine rings is 1. The summed E-state index contributed by atoms with van der Waals surface area (Å²) in [6.45, 7) is 1.40. The van der Waals surface area contributed by atoms with E-state index in [0.717, 1.165) is 12.0 Å². The molecule has 1 saturated heterocycles. The molecule has 1 aliphatic heterocycles. The predicted molar refractivity (Wildman–Crippen MR) is 170 cm³/mol. The number of amides is 2. The number of Topliss-reactive ketones (excluding diaryl/α,β-unsaturated/α-hetero) is 1. The molecule has 2 amide bonds. The number of hydrogen-bond donors (Lipinski definition) is 0. The van der Waals surface area contributed by atoms with Gasteiger partial charge in [0.1, 0.15) is 0 Å². The lowest BCUT2D eigenvalue weighted by atomic mass is 9.63. The topological polar surface area (TPSA) is 93.6 Å². The minimum atomic E-state index is -0.679. The van der Waals surface area contributed by atoms with Crippen molar-refractivity contribution in [3.63, 3.8) is 0 Å². The highest BCUT2D eigenvalue weighted by atomic mass is 35.5. The number of ether oxygens (including phenoxy) is 1. The van der Waals surface area contributed by atoms with E-state index in [2.05, 4.69) is 12.2 Å². The Hall–Kier alpha value is -4.33. The van der Waals surface area contributed by atoms with E-state index in [0.29, 0.717) is 44.7 Å². The SMILES string of the molecule is Cc1cccc2c(C(=O)OCC(=O)c3ccc(Cl)cc3Cl)cc(-c3ccc(N4C(=O)C5C6C=CC(C7CC67)C5C4=O)cc3)nc12. The first-order valence-corrected chi connectivity index (χ1v) is 15.7. The van der Waals surface area contributed by atoms with E-state index < -0.39 is 18.4 Å². The fourth-order valence-corrected chi connectivity index (χ4v) is 8.22. The maximum absolute atomic E-state index is 13.6. The van der Waals surface area contributed by atoms with Crippen LogP contribution >= 0.6 is 23.2 Å². The summed E-state index contributed by atoms with van der Waals surface area (Å²) in [7, 11) is 0. The Morgan fingerprint density at radius 1 is 0.889 bits per heavy atom. The van der Waals surface area contributed by atoms with Crippen LogP contribution in [0.15, 0.2) is 78.9 Å². The summed E-state index contributed by atoms with van der Waals surface area (Å²) >= 11 is 12.1. The number of rotatable bonds is 6. The Bertz CT molecular complexity index is 1970. The number of ketones is 1. The molecule has 0 N–H and O–H groups in total. The number of fused-ring (bicyclic) bond motifs is 1. The average Bonchev–Trinajstić information content (AvgIpc) is 3.82. The van der Waals surface area contributed by atoms with E-state index in [1.54, 1.807) is 42.5 Å². The number of aromatic nitrogens is 1. The van der Waals surface area contributed by atoms with Crippen LogP contribution in [0, 0.1) is 42.4 Å². The van der Waals surface area contributed by atoms with Crippen LogP contribution in [0.3, 0.4) is 0 Å². The van der Waals surface area contributed by atoms with Gasteiger partial charge in [-0.2, -0.15) is 0 Å². The van der Waals surface area contributed by atoms with Crippen molar-refractivity contribution < 1.29 is 23.9 Å². The largest absolute Gasteiger partial charge is 0.454 e. The van der Waals surface area contributed by atoms with Crippen LogP contribution in [0.2, 0.25) is 10.0 Å². The van der Waals surface area contributed by atoms with E-state index in [4.69, 9.17) is 32.9 Å². The van der Waals surface area contributed by atoms with Gasteiger partial charge in [-0.1, -0.05) is 65.7 Å². The molecule has 4 aromatic rings. The van der Waals surface area contributed by atoms with Gasteiger partial charge in [0.2, 0.25) is 17.6 Å². The van der Waals surface area contributed by atoms with Gasteiger partial charge in [0.25, 0.3) is 0 Å². The Kier molecular flexibility index (Phi) is 6.48. The maximum Gasteiger partial charge on any atom is 0.339 e. The number of nitrogens with zero attached hydrogens (tertiary/aromatic N) is 2. The molecule has 3 fully saturated rings. The normalized spacial score (nSPS) is 25.8. The quantitative estimate of drug-likeness (QED) is 0.0968. The van der Waals surface area contributed by atoms with E-state index >= 15 is 0 Å². The first-order chi connectivity index (χ1) is 21.7. The third kappa shape index (κ3) is 4.43. The van der Waals surface area contributed by atoms with Gasteiger partial charge in [0.15, 0.2) is 6.61 Å². The lowest BCUT2D eigenvalue weighted by Crippen LogP contribution is -2.40. The Balaban J connectivity index is 1.07. The molecule has 4 aliphatic carbocycles. The number of para-hydroxylation sites is 1. The molecule has 2 heterocycles. The number of hydrogen-bond acceptors (Lipinski definition) is 6. The van der Waals surface area contributed by atoms with Gasteiger partial charge < -0.3 is 4.74 Å². The van der Waals surface area contributed by atoms with E-state index in [-0.39, 0.29) is 51.6 Å². The molecule has 45 heavy (non-hydrogen) atoms. The van der Waals surface area contributed by atoms with Crippen molar-refractivity contribution in [1.29, 1.82) is 0 Å². The molecule has 5 aliphatic rings. The van der Waals surface area contributed by atoms with Gasteiger partial charge in [0, 0.05) is 21.5 Å². The summed E-state index contributed by atoms with van der Waals surface area (Å²) in [5, 5.41) is 1.16. The zero-order valence-corrected chi connectivity index (χ0v) is 25.6. The van der Waals surface area contributed by atoms with Crippen LogP contribution in [0.1, 0.15) is 32.7 Å². The summed E-state index contributed by atoms with van der Waals surface area (Å²) in [5.41, 5.74) is 3.69. The zero-order chi connectivity index (χ0) is 31.1. The molecule has 1 aromatic heterocycles. The van der Waals surface area contributed by atoms with E-state index in [1.165, 1.54) is 17.0 Å². The third-order valence-electron chi connectivity index (χ3n) is 9.91. The second kappa shape index (κ2) is 10.4. The average molecular weight is 638 g/mol. The summed E-state index contributed by atoms with van der Waals surface area (Å²) in [4.78, 5) is 59.5. The molecular weight excluding hydrogens is 611 g/mol. The van der Waals surface area contributed by atoms with Crippen LogP contribution in [-0.2, 0) is 14.3 Å². The monoisotopic (exact) mass is 636 g/mol. The number of carbonyl (C=O) groups excluding carboxylic acids is 4. The smallest absolute Gasteiger partial charge is 0.339 e. The second-order valence-corrected chi connectivity index (χ2v) is 13.2. The summed E-state index contributed by atoms with van der Waals surface area (Å²) in [6, 6.07) is 18.8. The molecule has 2 saturated carbocycles. The number of esters is 1. The van der Waals surface area contributed by atoms with Gasteiger partial charge in [-0.25, -0.2) is 9.78 Å². The van der Waals surface area contributed by atoms with Crippen LogP contribution in [0.4, 0.5) is 5.69 Å². The van der Waals surface area contributed by atoms with Gasteiger partial charge >= 0.3 is 5.97 Å². The molecule has 2 bridgehead atoms. The number of allylic oxidation sites excluding steroid dienone is 2. The molecule has 0 radical (unpaired) electrons. The molecule has 9 heteroatoms. The Labute approximate surface area is 268 Å². The maximum atomic E-state index is 13.6. The third-order valence-corrected chi connectivity index (χ3v) is 10.5. The minimum absolute atomic E-state index is 0.110. The number of aryl methyl sites for hydroxylation is 1. The standard InChI is InChI=1S/C36H26Cl2N2O5/c1-17-3-2-4-23-27(36(44)45-16-30(41)24-10-7-19(37)13-28(24)38)15-29(39-33(17)23)18-5-8-20(9-6-18)40-34(42)31-21-11-12-22(26-14-25(21)26)32(31)35(40)43/h2-13,15,21-22,25-26,31-32H,14,16H2,1H3. The lowest BCUT2D eigenvalue weighted by molar-refractivity contribution is -0.124. The molecule has 0 spiro atoms. The molecular formula is C36H26Cl2N2O5. The fraction of sp³-hybridized carbons (Fsp3) is 0.250. The van der Waals surface area contributed by atoms with Gasteiger partial charge in [-0.05, 0) is 79.0 Å². The zero-order valence-electron chi connectivity index (χ0n) is 24.1. The number of imide groups is 1. The van der Waals surface area contributed by atoms with Crippen molar-refractivity contribution in [3.8, 4) is 11.3 Å². The van der Waals surface area contributed by atoms with E-state index in [9.17, 15) is 19.2 Å². The summed E-state index contributed by atoms with van der Waals surface area (Å²) in [5.74, 6) is -0.491. The molecule has 9 rings (SSSR count). The molecule has 224 valence electrons. The predicted octanol–water partition coefficient (Wildman–Crippen LogP) is 7.11. The minimum Gasteiger partial charge on any atom is -0.454 e. The van der Waals surface area contributed by atoms with Gasteiger partial charge in [-0.15, -0.1) is 0 Å². The first-order valence-electron chi connectivity index (χ1n) is 14.9.